The fourth-order valence-electron chi connectivity index (χ4n) is 0.228. The lowest BCUT2D eigenvalue weighted by Crippen LogP contribution is -1.89. The molecule has 3 heteroatoms. The Labute approximate surface area is 34.4 Å². The first-order valence-electron chi connectivity index (χ1n) is 1.50. The number of nitrogens with zero attached hydrogens (tertiary/aromatic N) is 2. The van der Waals surface area contributed by atoms with E-state index < -0.39 is 6.03 Å². The van der Waals surface area contributed by atoms with E-state index in [1.165, 1.54) is 12.4 Å². The number of carbonyl (C=O) groups is 1. The van der Waals surface area contributed by atoms with Gasteiger partial charge in [0.2, 0.25) is 0 Å². The molecule has 0 N–H and O–H groups in total. The van der Waals surface area contributed by atoms with E-state index in [9.17, 15) is 4.79 Å². The van der Waals surface area contributed by atoms with Gasteiger partial charge in [-0.2, -0.15) is 4.79 Å². The van der Waals surface area contributed by atoms with Crippen LogP contribution in [0.15, 0.2) is 4.99 Å². The zero-order valence-corrected chi connectivity index (χ0v) is 2.96. The second-order valence-corrected chi connectivity index (χ2v) is 0.839. The summed E-state index contributed by atoms with van der Waals surface area (Å²) in [5.41, 5.74) is 0. The third kappa shape index (κ3) is 0.337. The van der Waals surface area contributed by atoms with Gasteiger partial charge in [0, 0.05) is 0 Å². The quantitative estimate of drug-likeness (QED) is 0.392. The van der Waals surface area contributed by atoms with Crippen LogP contribution in [-0.4, -0.2) is 18.5 Å². The van der Waals surface area contributed by atoms with Crippen LogP contribution in [0.5, 0.6) is 0 Å². The number of urea groups is 1. The number of aliphatic imine (C=N–C) groups is 2. The number of rotatable bonds is 0. The molecule has 0 aromatic rings. The maximum Gasteiger partial charge on any atom is 0.581 e. The zero-order chi connectivity index (χ0) is 4.41. The molecule has 0 bridgehead atoms. The minimum atomic E-state index is -0.407. The van der Waals surface area contributed by atoms with Crippen LogP contribution in [0.25, 0.3) is 0 Å². The number of amides is 2. The van der Waals surface area contributed by atoms with Crippen LogP contribution in [-0.2, 0) is 0 Å². The fourth-order valence-corrected chi connectivity index (χ4v) is 0.228. The van der Waals surface area contributed by atoms with Crippen LogP contribution in [0, 0.1) is 0 Å². The van der Waals surface area contributed by atoms with Gasteiger partial charge in [0.1, 0.15) is 0 Å². The van der Waals surface area contributed by atoms with Crippen molar-refractivity contribution in [3.8, 4) is 0 Å². The Morgan fingerprint density at radius 1 is 1.83 bits per heavy atom. The van der Waals surface area contributed by atoms with E-state index in [4.69, 9.17) is 0 Å². The van der Waals surface area contributed by atoms with Crippen LogP contribution in [0.3, 0.4) is 0 Å². The number of hydrogen-bond acceptors (Lipinski definition) is 1. The predicted molar refractivity (Wildman–Crippen MR) is 22.1 cm³/mol. The molecule has 29 valence electrons. The first-order valence-corrected chi connectivity index (χ1v) is 1.50. The highest BCUT2D eigenvalue weighted by Crippen LogP contribution is 1.70. The molecular formula is C3H2N2O+. The summed E-state index contributed by atoms with van der Waals surface area (Å²) in [5.74, 6) is 0. The summed E-state index contributed by atoms with van der Waals surface area (Å²) in [6, 6.07) is -0.407. The van der Waals surface area contributed by atoms with Gasteiger partial charge in [-0.1, -0.05) is 0 Å². The van der Waals surface area contributed by atoms with E-state index in [0.717, 1.165) is 0 Å². The summed E-state index contributed by atoms with van der Waals surface area (Å²) < 4.78 is 0. The zero-order valence-electron chi connectivity index (χ0n) is 2.96. The maximum atomic E-state index is 9.85. The average molecular weight is 82.1 g/mol. The predicted octanol–water partition coefficient (Wildman–Crippen LogP) is -0.403. The van der Waals surface area contributed by atoms with Gasteiger partial charge in [-0.25, -0.2) is 0 Å². The minimum absolute atomic E-state index is 0.407. The second kappa shape index (κ2) is 1.01. The van der Waals surface area contributed by atoms with Crippen LogP contribution in [0.4, 0.5) is 4.79 Å². The molecule has 1 aliphatic rings. The van der Waals surface area contributed by atoms with E-state index >= 15 is 0 Å². The average Bonchev–Trinajstić information content (AvgIpc) is 1.86. The Bertz CT molecular complexity index is 111. The molecule has 1 rings (SSSR count). The van der Waals surface area contributed by atoms with Gasteiger partial charge in [0.25, 0.3) is 0 Å². The van der Waals surface area contributed by atoms with Gasteiger partial charge in [0.05, 0.1) is 0 Å². The van der Waals surface area contributed by atoms with E-state index in [1.807, 2.05) is 0 Å². The molecule has 1 heterocycles. The van der Waals surface area contributed by atoms with Crippen LogP contribution in [0.1, 0.15) is 0 Å². The molecule has 0 atom stereocenters. The van der Waals surface area contributed by atoms with Crippen molar-refractivity contribution in [2.24, 2.45) is 4.99 Å². The Kier molecular flexibility index (Phi) is 0.538. The topological polar surface area (TPSA) is 43.5 Å². The number of hydrogen-bond donors (Lipinski definition) is 0. The molecule has 3 nitrogen and oxygen atoms in total. The fraction of sp³-hybridized carbons (Fsp3) is 0. The Morgan fingerprint density at radius 2 is 2.67 bits per heavy atom. The summed E-state index contributed by atoms with van der Waals surface area (Å²) >= 11 is 0. The van der Waals surface area contributed by atoms with Crippen molar-refractivity contribution >= 4 is 18.5 Å². The molecule has 2 amide bonds. The first-order chi connectivity index (χ1) is 2.89. The highest BCUT2D eigenvalue weighted by molar-refractivity contribution is 6.24. The lowest BCUT2D eigenvalue weighted by atomic mass is 10.9. The van der Waals surface area contributed by atoms with Crippen molar-refractivity contribution in [3.05, 3.63) is 0 Å². The number of carbonyl (C=O) groups excluding carboxylic acids is 1. The van der Waals surface area contributed by atoms with Crippen molar-refractivity contribution in [3.63, 3.8) is 0 Å². The minimum Gasteiger partial charge on any atom is -0.190 e. The molecule has 0 unspecified atom stereocenters. The summed E-state index contributed by atoms with van der Waals surface area (Å²) in [4.78, 5) is 16.3. The van der Waals surface area contributed by atoms with Crippen LogP contribution < -0.4 is 4.99 Å². The van der Waals surface area contributed by atoms with Gasteiger partial charge in [0.15, 0.2) is 12.4 Å². The molecule has 0 saturated heterocycles. The molecule has 0 aliphatic carbocycles. The highest BCUT2D eigenvalue weighted by atomic mass is 16.2. The van der Waals surface area contributed by atoms with E-state index in [0.29, 0.717) is 0 Å². The van der Waals surface area contributed by atoms with Crippen molar-refractivity contribution in [1.82, 2.24) is 4.99 Å². The molecule has 0 saturated carbocycles. The second-order valence-electron chi connectivity index (χ2n) is 0.839. The van der Waals surface area contributed by atoms with Crippen LogP contribution in [0.2, 0.25) is 0 Å². The molecule has 0 aromatic heterocycles. The van der Waals surface area contributed by atoms with E-state index in [1.54, 1.807) is 0 Å². The third-order valence-electron chi connectivity index (χ3n) is 0.437. The molecular weight excluding hydrogens is 80.0 g/mol. The normalized spacial score (nSPS) is 17.0. The summed E-state index contributed by atoms with van der Waals surface area (Å²) in [5, 5.41) is 0. The van der Waals surface area contributed by atoms with Crippen molar-refractivity contribution in [2.75, 3.05) is 0 Å². The van der Waals surface area contributed by atoms with Gasteiger partial charge in [-0.3, -0.25) is 0 Å². The lowest BCUT2D eigenvalue weighted by molar-refractivity contribution is 0.255. The summed E-state index contributed by atoms with van der Waals surface area (Å²) in [6.45, 7) is 0. The van der Waals surface area contributed by atoms with Gasteiger partial charge in [-0.15, -0.1) is 0 Å². The molecule has 0 fully saturated rings. The molecule has 1 radical (unpaired) electrons. The van der Waals surface area contributed by atoms with Crippen LogP contribution >= 0.6 is 0 Å². The van der Waals surface area contributed by atoms with Crippen molar-refractivity contribution in [2.45, 2.75) is 0 Å². The highest BCUT2D eigenvalue weighted by Gasteiger charge is 2.10. The molecule has 0 spiro atoms. The first kappa shape index (κ1) is 3.21. The Morgan fingerprint density at radius 3 is 2.83 bits per heavy atom. The lowest BCUT2D eigenvalue weighted by Gasteiger charge is -1.43. The summed E-state index contributed by atoms with van der Waals surface area (Å²) in [6.07, 6.45) is 2.73. The molecule has 6 heavy (non-hydrogen) atoms. The molecule has 1 aliphatic heterocycles. The maximum absolute atomic E-state index is 9.85. The van der Waals surface area contributed by atoms with Gasteiger partial charge in [-0.05, 0) is 9.98 Å². The Hall–Kier alpha value is -0.990. The SMILES string of the molecule is O=C1N=CC=[N+]1. The van der Waals surface area contributed by atoms with Crippen molar-refractivity contribution < 1.29 is 4.79 Å². The van der Waals surface area contributed by atoms with Gasteiger partial charge < -0.3 is 0 Å². The Balaban J connectivity index is 2.86. The largest absolute Gasteiger partial charge is 0.581 e. The van der Waals surface area contributed by atoms with E-state index in [-0.39, 0.29) is 0 Å². The van der Waals surface area contributed by atoms with Gasteiger partial charge >= 0.3 is 6.03 Å². The smallest absolute Gasteiger partial charge is 0.190 e. The van der Waals surface area contributed by atoms with E-state index in [2.05, 4.69) is 9.98 Å². The van der Waals surface area contributed by atoms with Crippen molar-refractivity contribution in [1.29, 1.82) is 0 Å². The standard InChI is InChI=1S/C3H2N2O/c6-3-4-1-2-5-3/h1-2H/q+1. The third-order valence-corrected chi connectivity index (χ3v) is 0.437. The summed E-state index contributed by atoms with van der Waals surface area (Å²) in [7, 11) is 0. The monoisotopic (exact) mass is 82.0 g/mol. The molecule has 0 aromatic carbocycles.